The number of carbonyl (C=O) groups is 1. The fourth-order valence-corrected chi connectivity index (χ4v) is 2.13. The van der Waals surface area contributed by atoms with Gasteiger partial charge in [0.1, 0.15) is 0 Å². The van der Waals surface area contributed by atoms with Crippen molar-refractivity contribution >= 4 is 23.9 Å². The molecular formula is C13H17ClN2O6. The van der Waals surface area contributed by atoms with Crippen LogP contribution in [0.15, 0.2) is 12.1 Å². The second-order valence-electron chi connectivity index (χ2n) is 4.75. The van der Waals surface area contributed by atoms with E-state index in [0.29, 0.717) is 19.8 Å². The number of Topliss-reactive ketones (excluding diaryl/α,β-unsaturated/α-hetero) is 1. The highest BCUT2D eigenvalue weighted by atomic mass is 35.5. The molecule has 0 aliphatic carbocycles. The smallest absolute Gasteiger partial charge is 0.315 e. The van der Waals surface area contributed by atoms with Gasteiger partial charge >= 0.3 is 5.69 Å². The van der Waals surface area contributed by atoms with Crippen LogP contribution in [0.2, 0.25) is 0 Å². The van der Waals surface area contributed by atoms with Crippen LogP contribution in [0.4, 0.5) is 5.69 Å². The van der Waals surface area contributed by atoms with Gasteiger partial charge in [-0.15, -0.1) is 12.4 Å². The van der Waals surface area contributed by atoms with Gasteiger partial charge in [-0.1, -0.05) is 0 Å². The summed E-state index contributed by atoms with van der Waals surface area (Å²) >= 11 is 0. The van der Waals surface area contributed by atoms with E-state index < -0.39 is 22.1 Å². The first-order valence-corrected chi connectivity index (χ1v) is 6.52. The molecule has 8 nitrogen and oxygen atoms in total. The molecular weight excluding hydrogens is 316 g/mol. The van der Waals surface area contributed by atoms with E-state index in [0.717, 1.165) is 25.2 Å². The Hall–Kier alpha value is -1.90. The van der Waals surface area contributed by atoms with E-state index in [1.807, 2.05) is 0 Å². The summed E-state index contributed by atoms with van der Waals surface area (Å²) < 4.78 is 5.20. The normalized spacial score (nSPS) is 15.1. The molecule has 0 amide bonds. The number of benzene rings is 1. The third-order valence-corrected chi connectivity index (χ3v) is 3.35. The molecule has 0 saturated carbocycles. The predicted octanol–water partition coefficient (Wildman–Crippen LogP) is 1.33. The monoisotopic (exact) mass is 332 g/mol. The summed E-state index contributed by atoms with van der Waals surface area (Å²) in [6, 6.07) is 2.03. The van der Waals surface area contributed by atoms with Crippen molar-refractivity contribution in [2.45, 2.75) is 6.42 Å². The van der Waals surface area contributed by atoms with Crippen molar-refractivity contribution in [1.82, 2.24) is 4.90 Å². The second kappa shape index (κ2) is 7.92. The lowest BCUT2D eigenvalue weighted by molar-refractivity contribution is -0.386. The molecule has 1 aliphatic heterocycles. The summed E-state index contributed by atoms with van der Waals surface area (Å²) in [5.74, 6) is -1.82. The molecule has 1 aromatic carbocycles. The van der Waals surface area contributed by atoms with E-state index in [1.54, 1.807) is 0 Å². The van der Waals surface area contributed by atoms with Gasteiger partial charge in [-0.3, -0.25) is 19.8 Å². The van der Waals surface area contributed by atoms with E-state index >= 15 is 0 Å². The number of aromatic hydroxyl groups is 2. The van der Waals surface area contributed by atoms with Gasteiger partial charge in [0, 0.05) is 37.7 Å². The maximum Gasteiger partial charge on any atom is 0.315 e. The van der Waals surface area contributed by atoms with Crippen molar-refractivity contribution in [2.75, 3.05) is 32.8 Å². The number of halogens is 1. The fraction of sp³-hybridized carbons (Fsp3) is 0.462. The van der Waals surface area contributed by atoms with Gasteiger partial charge in [-0.2, -0.15) is 0 Å². The summed E-state index contributed by atoms with van der Waals surface area (Å²) in [6.45, 7) is 3.26. The van der Waals surface area contributed by atoms with Gasteiger partial charge in [0.15, 0.2) is 11.5 Å². The molecule has 1 fully saturated rings. The fourth-order valence-electron chi connectivity index (χ4n) is 2.13. The predicted molar refractivity (Wildman–Crippen MR) is 79.9 cm³/mol. The first-order chi connectivity index (χ1) is 9.99. The topological polar surface area (TPSA) is 113 Å². The first-order valence-electron chi connectivity index (χ1n) is 6.52. The van der Waals surface area contributed by atoms with Crippen LogP contribution in [0.25, 0.3) is 0 Å². The molecule has 1 aliphatic rings. The number of carbonyl (C=O) groups excluding carboxylic acids is 1. The number of phenolic OH excluding ortho intramolecular Hbond substituents is 2. The quantitative estimate of drug-likeness (QED) is 0.362. The van der Waals surface area contributed by atoms with Gasteiger partial charge < -0.3 is 14.9 Å². The van der Waals surface area contributed by atoms with Crippen molar-refractivity contribution in [2.24, 2.45) is 0 Å². The Morgan fingerprint density at radius 2 is 1.95 bits per heavy atom. The van der Waals surface area contributed by atoms with E-state index in [-0.39, 0.29) is 30.2 Å². The summed E-state index contributed by atoms with van der Waals surface area (Å²) in [5.41, 5.74) is -0.657. The molecule has 0 aromatic heterocycles. The number of nitro benzene ring substituents is 1. The lowest BCUT2D eigenvalue weighted by Crippen LogP contribution is -2.37. The zero-order chi connectivity index (χ0) is 15.4. The maximum atomic E-state index is 12.1. The van der Waals surface area contributed by atoms with E-state index in [2.05, 4.69) is 4.90 Å². The summed E-state index contributed by atoms with van der Waals surface area (Å²) in [7, 11) is 0. The molecule has 0 bridgehead atoms. The molecule has 0 radical (unpaired) electrons. The Kier molecular flexibility index (Phi) is 6.54. The third kappa shape index (κ3) is 4.30. The highest BCUT2D eigenvalue weighted by Gasteiger charge is 2.22. The number of nitro groups is 1. The lowest BCUT2D eigenvalue weighted by atomic mass is 10.1. The van der Waals surface area contributed by atoms with Crippen molar-refractivity contribution < 1.29 is 24.7 Å². The van der Waals surface area contributed by atoms with Crippen LogP contribution < -0.4 is 0 Å². The molecule has 2 N–H and O–H groups in total. The number of hydrogen-bond donors (Lipinski definition) is 2. The minimum absolute atomic E-state index is 0. The molecule has 1 aromatic rings. The Morgan fingerprint density at radius 3 is 2.55 bits per heavy atom. The molecule has 0 spiro atoms. The van der Waals surface area contributed by atoms with E-state index in [1.165, 1.54) is 0 Å². The van der Waals surface area contributed by atoms with Gasteiger partial charge in [0.25, 0.3) is 0 Å². The number of rotatable bonds is 5. The largest absolute Gasteiger partial charge is 0.504 e. The average Bonchev–Trinajstić information content (AvgIpc) is 2.48. The van der Waals surface area contributed by atoms with Crippen LogP contribution in [0.1, 0.15) is 16.8 Å². The van der Waals surface area contributed by atoms with Crippen molar-refractivity contribution in [3.63, 3.8) is 0 Å². The number of phenols is 2. The highest BCUT2D eigenvalue weighted by Crippen LogP contribution is 2.36. The number of ether oxygens (including phenoxy) is 1. The molecule has 2 rings (SSSR count). The highest BCUT2D eigenvalue weighted by molar-refractivity contribution is 5.97. The Bertz CT molecular complexity index is 560. The molecule has 1 heterocycles. The Labute approximate surface area is 132 Å². The zero-order valence-corrected chi connectivity index (χ0v) is 12.5. The van der Waals surface area contributed by atoms with Gasteiger partial charge in [0.2, 0.25) is 5.75 Å². The molecule has 122 valence electrons. The van der Waals surface area contributed by atoms with Crippen LogP contribution in [0.3, 0.4) is 0 Å². The zero-order valence-electron chi connectivity index (χ0n) is 11.7. The molecule has 9 heteroatoms. The summed E-state index contributed by atoms with van der Waals surface area (Å²) in [4.78, 5) is 24.0. The lowest BCUT2D eigenvalue weighted by Gasteiger charge is -2.26. The number of nitrogens with zero attached hydrogens (tertiary/aromatic N) is 2. The van der Waals surface area contributed by atoms with Crippen LogP contribution in [0.5, 0.6) is 11.5 Å². The van der Waals surface area contributed by atoms with Gasteiger partial charge in [-0.25, -0.2) is 0 Å². The Balaban J connectivity index is 0.00000242. The average molecular weight is 333 g/mol. The Morgan fingerprint density at radius 1 is 1.32 bits per heavy atom. The number of hydrogen-bond acceptors (Lipinski definition) is 7. The third-order valence-electron chi connectivity index (χ3n) is 3.35. The standard InChI is InChI=1S/C13H16N2O6.ClH/c16-11(1-2-14-3-5-21-6-4-14)9-7-10(15(19)20)13(18)12(17)8-9;/h7-8,17-18H,1-6H2;1H. The van der Waals surface area contributed by atoms with Crippen LogP contribution in [-0.2, 0) is 4.74 Å². The second-order valence-corrected chi connectivity index (χ2v) is 4.75. The van der Waals surface area contributed by atoms with Crippen LogP contribution >= 0.6 is 12.4 Å². The van der Waals surface area contributed by atoms with Crippen molar-refractivity contribution in [1.29, 1.82) is 0 Å². The van der Waals surface area contributed by atoms with Gasteiger partial charge in [0.05, 0.1) is 18.1 Å². The molecule has 22 heavy (non-hydrogen) atoms. The minimum atomic E-state index is -0.839. The SMILES string of the molecule is Cl.O=C(CCN1CCOCC1)c1cc(O)c(O)c([N+](=O)[O-])c1. The maximum absolute atomic E-state index is 12.1. The summed E-state index contributed by atoms with van der Waals surface area (Å²) in [6.07, 6.45) is 0.182. The number of ketones is 1. The number of morpholine rings is 1. The van der Waals surface area contributed by atoms with Crippen LogP contribution in [-0.4, -0.2) is 58.7 Å². The first kappa shape index (κ1) is 18.1. The van der Waals surface area contributed by atoms with E-state index in [4.69, 9.17) is 4.74 Å². The van der Waals surface area contributed by atoms with Crippen LogP contribution in [0, 0.1) is 10.1 Å². The van der Waals surface area contributed by atoms with Crippen molar-refractivity contribution in [3.8, 4) is 11.5 Å². The van der Waals surface area contributed by atoms with E-state index in [9.17, 15) is 25.1 Å². The molecule has 0 atom stereocenters. The minimum Gasteiger partial charge on any atom is -0.504 e. The molecule has 0 unspecified atom stereocenters. The summed E-state index contributed by atoms with van der Waals surface area (Å²) in [5, 5.41) is 29.6. The van der Waals surface area contributed by atoms with Gasteiger partial charge in [-0.05, 0) is 6.07 Å². The molecule has 1 saturated heterocycles. The van der Waals surface area contributed by atoms with Crippen molar-refractivity contribution in [3.05, 3.63) is 27.8 Å².